The molecule has 0 aliphatic carbocycles. The van der Waals surface area contributed by atoms with E-state index >= 15 is 0 Å². The Morgan fingerprint density at radius 3 is 1.18 bits per heavy atom. The van der Waals surface area contributed by atoms with E-state index in [1.807, 2.05) is 0 Å². The van der Waals surface area contributed by atoms with Crippen molar-refractivity contribution in [3.8, 4) is 0 Å². The van der Waals surface area contributed by atoms with Gasteiger partial charge < -0.3 is 10.6 Å². The molecule has 0 aromatic rings. The Hall–Kier alpha value is -0.960. The minimum absolute atomic E-state index is 0. The van der Waals surface area contributed by atoms with Gasteiger partial charge in [0.25, 0.3) is 0 Å². The first-order valence-electron chi connectivity index (χ1n) is 1.06. The molecule has 5 heteroatoms. The third kappa shape index (κ3) is 486. The van der Waals surface area contributed by atoms with Crippen molar-refractivity contribution in [1.82, 2.24) is 0 Å². The van der Waals surface area contributed by atoms with Crippen LogP contribution in [0.5, 0.6) is 0 Å². The summed E-state index contributed by atoms with van der Waals surface area (Å²) in [4.78, 5) is 16.2. The summed E-state index contributed by atoms with van der Waals surface area (Å²) >= 11 is 0. The number of carbonyl (C=O) groups excluding carboxylic acids is 2. The predicted octanol–water partition coefficient (Wildman–Crippen LogP) is 0.317. The number of rotatable bonds is 0. The van der Waals surface area contributed by atoms with E-state index < -0.39 is 0 Å². The van der Waals surface area contributed by atoms with Crippen LogP contribution < -0.4 is 0 Å². The molecular formula is C6H20O5. The standard InChI is InChI=1S/CO2.CH4O.CO.3CH4.H2O.H2/c2-1-3;2*1-2;;;;;/h;2H,1H3;;3*1H4;1H2;1H. The molecule has 0 bridgehead atoms. The minimum atomic E-state index is 0. The maximum absolute atomic E-state index is 8.12. The zero-order valence-electron chi connectivity index (χ0n) is 4.17. The van der Waals surface area contributed by atoms with E-state index in [0.29, 0.717) is 0 Å². The van der Waals surface area contributed by atoms with Crippen LogP contribution in [0.15, 0.2) is 0 Å². The summed E-state index contributed by atoms with van der Waals surface area (Å²) in [5, 5.41) is 7.00. The quantitative estimate of drug-likeness (QED) is 0.420. The molecule has 0 unspecified atom stereocenters. The van der Waals surface area contributed by atoms with Gasteiger partial charge in [-0.25, -0.2) is 0 Å². The third-order valence-corrected chi connectivity index (χ3v) is 0. The molecule has 74 valence electrons. The molecule has 0 aromatic heterocycles. The summed E-state index contributed by atoms with van der Waals surface area (Å²) in [6, 6.07) is 0. The van der Waals surface area contributed by atoms with Crippen molar-refractivity contribution in [3.63, 3.8) is 0 Å². The second-order valence-corrected chi connectivity index (χ2v) is 0.0833. The fourth-order valence-electron chi connectivity index (χ4n) is 0. The molecule has 0 fully saturated rings. The van der Waals surface area contributed by atoms with Gasteiger partial charge in [-0.05, 0) is 0 Å². The van der Waals surface area contributed by atoms with Gasteiger partial charge in [0.15, 0.2) is 0 Å². The van der Waals surface area contributed by atoms with Crippen LogP contribution in [0.3, 0.4) is 0 Å². The van der Waals surface area contributed by atoms with Crippen molar-refractivity contribution in [2.75, 3.05) is 7.11 Å². The smallest absolute Gasteiger partial charge is 0 e. The summed E-state index contributed by atoms with van der Waals surface area (Å²) in [6.45, 7) is 4.50. The van der Waals surface area contributed by atoms with Crippen molar-refractivity contribution in [3.05, 3.63) is 6.65 Å². The van der Waals surface area contributed by atoms with Crippen molar-refractivity contribution in [2.45, 2.75) is 22.3 Å². The van der Waals surface area contributed by atoms with Crippen molar-refractivity contribution in [2.24, 2.45) is 0 Å². The maximum Gasteiger partial charge on any atom is 0 e. The molecule has 0 amide bonds. The zero-order valence-corrected chi connectivity index (χ0v) is 4.17. The summed E-state index contributed by atoms with van der Waals surface area (Å²) in [5.41, 5.74) is 0. The first-order valence-corrected chi connectivity index (χ1v) is 1.06. The van der Waals surface area contributed by atoms with Gasteiger partial charge in [0.2, 0.25) is 0 Å². The number of hydrogen-bond donors (Lipinski definition) is 1. The first-order chi connectivity index (χ1) is 3.41. The largest absolute Gasteiger partial charge is 0 e. The Morgan fingerprint density at radius 1 is 1.18 bits per heavy atom. The molecule has 0 rings (SSSR count). The summed E-state index contributed by atoms with van der Waals surface area (Å²) in [7, 11) is 1.00. The number of aliphatic hydroxyl groups is 1. The van der Waals surface area contributed by atoms with E-state index in [0.717, 1.165) is 7.11 Å². The van der Waals surface area contributed by atoms with Gasteiger partial charge in [-0.3, -0.25) is 0 Å². The molecule has 0 saturated heterocycles. The zero-order chi connectivity index (χ0) is 6.71. The average molecular weight is 172 g/mol. The van der Waals surface area contributed by atoms with Gasteiger partial charge >= 0.3 is 17.5 Å². The Labute approximate surface area is 69.6 Å². The van der Waals surface area contributed by atoms with E-state index in [-0.39, 0.29) is 35.3 Å². The normalized spacial score (nSPS) is 1.45. The Morgan fingerprint density at radius 2 is 1.18 bits per heavy atom. The van der Waals surface area contributed by atoms with E-state index in [2.05, 4.69) is 6.65 Å². The Balaban J connectivity index is -0.00000000281. The maximum atomic E-state index is 8.12. The van der Waals surface area contributed by atoms with Crippen LogP contribution >= 0.6 is 0 Å². The van der Waals surface area contributed by atoms with Gasteiger partial charge in [-0.15, -0.1) is 0 Å². The molecule has 0 aliphatic rings. The molecule has 0 saturated carbocycles. The molecule has 0 heterocycles. The van der Waals surface area contributed by atoms with Gasteiger partial charge in [0.1, 0.15) is 0 Å². The molecule has 0 aromatic carbocycles. The fourth-order valence-corrected chi connectivity index (χ4v) is 0. The van der Waals surface area contributed by atoms with E-state index in [9.17, 15) is 0 Å². The average Bonchev–Trinajstić information content (AvgIpc) is 1.78. The van der Waals surface area contributed by atoms with Crippen molar-refractivity contribution < 1.29 is 26.3 Å². The number of aliphatic hydroxyl groups excluding tert-OH is 1. The molecule has 0 radical (unpaired) electrons. The molecule has 0 spiro atoms. The van der Waals surface area contributed by atoms with Crippen LogP contribution in [0.2, 0.25) is 0 Å². The van der Waals surface area contributed by atoms with Crippen LogP contribution in [0.1, 0.15) is 23.7 Å². The van der Waals surface area contributed by atoms with Crippen molar-refractivity contribution in [1.29, 1.82) is 0 Å². The molecule has 11 heavy (non-hydrogen) atoms. The SMILES string of the molecule is C.C.C.CO.O.O=C=O.[C-]#[O+].[HH]. The fraction of sp³-hybridized carbons (Fsp3) is 0.667. The number of hydrogen-bond acceptors (Lipinski definition) is 3. The van der Waals surface area contributed by atoms with Gasteiger partial charge in [-0.1, -0.05) is 22.3 Å². The molecule has 0 aliphatic heterocycles. The Kier molecular flexibility index (Phi) is 2950000. The van der Waals surface area contributed by atoms with E-state index in [4.69, 9.17) is 19.3 Å². The van der Waals surface area contributed by atoms with E-state index in [1.165, 1.54) is 0 Å². The second kappa shape index (κ2) is 365000. The van der Waals surface area contributed by atoms with Gasteiger partial charge in [-0.2, -0.15) is 9.59 Å². The predicted molar refractivity (Wildman–Crippen MR) is 43.0 cm³/mol. The van der Waals surface area contributed by atoms with Gasteiger partial charge in [0.05, 0.1) is 0 Å². The minimum Gasteiger partial charge on any atom is 0 e. The van der Waals surface area contributed by atoms with E-state index in [1.54, 1.807) is 0 Å². The van der Waals surface area contributed by atoms with Crippen LogP contribution in [0.4, 0.5) is 0 Å². The monoisotopic (exact) mass is 172 g/mol. The topological polar surface area (TPSA) is 106 Å². The summed E-state index contributed by atoms with van der Waals surface area (Å²) in [5.74, 6) is 0. The van der Waals surface area contributed by atoms with Crippen LogP contribution in [0, 0.1) is 6.65 Å². The summed E-state index contributed by atoms with van der Waals surface area (Å²) in [6.07, 6.45) is 0.250. The molecule has 5 nitrogen and oxygen atoms in total. The summed E-state index contributed by atoms with van der Waals surface area (Å²) < 4.78 is 7.50. The molecule has 0 atom stereocenters. The Bertz CT molecular complexity index is 58.2. The third-order valence-electron chi connectivity index (χ3n) is 0. The van der Waals surface area contributed by atoms with Gasteiger partial charge in [0, 0.05) is 8.54 Å². The molecule has 3 N–H and O–H groups in total. The van der Waals surface area contributed by atoms with Crippen molar-refractivity contribution >= 4 is 6.15 Å². The first kappa shape index (κ1) is 88.8. The second-order valence-electron chi connectivity index (χ2n) is 0.0833. The van der Waals surface area contributed by atoms with Crippen LogP contribution in [-0.2, 0) is 14.2 Å². The van der Waals surface area contributed by atoms with Crippen LogP contribution in [0.25, 0.3) is 0 Å². The van der Waals surface area contributed by atoms with Crippen LogP contribution in [-0.4, -0.2) is 23.8 Å². The molecular weight excluding hydrogens is 152 g/mol.